The Hall–Kier alpha value is -0.900. The molecule has 0 amide bonds. The summed E-state index contributed by atoms with van der Waals surface area (Å²) in [6, 6.07) is 9.19. The summed E-state index contributed by atoms with van der Waals surface area (Å²) in [7, 11) is 0. The monoisotopic (exact) mass is 274 g/mol. The molecule has 0 saturated carbocycles. The van der Waals surface area contributed by atoms with Gasteiger partial charge in [-0.1, -0.05) is 24.3 Å². The molecule has 1 aromatic carbocycles. The highest BCUT2D eigenvalue weighted by atomic mass is 16.5. The van der Waals surface area contributed by atoms with Gasteiger partial charge in [0.25, 0.3) is 0 Å². The van der Waals surface area contributed by atoms with Gasteiger partial charge in [-0.3, -0.25) is 4.90 Å². The Morgan fingerprint density at radius 3 is 2.80 bits per heavy atom. The van der Waals surface area contributed by atoms with Crippen molar-refractivity contribution in [3.63, 3.8) is 0 Å². The molecule has 2 N–H and O–H groups in total. The topological polar surface area (TPSA) is 38.5 Å². The lowest BCUT2D eigenvalue weighted by atomic mass is 10.0. The fraction of sp³-hybridized carbons (Fsp3) is 0.647. The van der Waals surface area contributed by atoms with Crippen LogP contribution in [0, 0.1) is 0 Å². The molecule has 0 radical (unpaired) electrons. The number of nitrogens with zero attached hydrogens (tertiary/aromatic N) is 1. The van der Waals surface area contributed by atoms with Crippen LogP contribution >= 0.6 is 0 Å². The third kappa shape index (κ3) is 2.90. The summed E-state index contributed by atoms with van der Waals surface area (Å²) in [5.41, 5.74) is 9.05. The van der Waals surface area contributed by atoms with Crippen LogP contribution < -0.4 is 5.73 Å². The second-order valence-electron chi connectivity index (χ2n) is 6.21. The van der Waals surface area contributed by atoms with Gasteiger partial charge in [-0.15, -0.1) is 0 Å². The first-order valence-electron chi connectivity index (χ1n) is 7.94. The van der Waals surface area contributed by atoms with Crippen LogP contribution in [0.1, 0.15) is 37.3 Å². The third-order valence-corrected chi connectivity index (χ3v) is 4.79. The smallest absolute Gasteiger partial charge is 0.0747 e. The summed E-state index contributed by atoms with van der Waals surface area (Å²) in [6.07, 6.45) is 5.45. The first kappa shape index (κ1) is 14.1. The fourth-order valence-corrected chi connectivity index (χ4v) is 3.66. The average molecular weight is 274 g/mol. The van der Waals surface area contributed by atoms with E-state index in [0.717, 1.165) is 19.5 Å². The van der Waals surface area contributed by atoms with E-state index in [4.69, 9.17) is 10.5 Å². The van der Waals surface area contributed by atoms with Gasteiger partial charge >= 0.3 is 0 Å². The molecule has 3 heteroatoms. The number of ether oxygens (including phenoxy) is 1. The lowest BCUT2D eigenvalue weighted by Gasteiger charge is -2.34. The molecule has 2 aliphatic heterocycles. The van der Waals surface area contributed by atoms with Crippen molar-refractivity contribution in [2.24, 2.45) is 5.73 Å². The van der Waals surface area contributed by atoms with Gasteiger partial charge in [0.15, 0.2) is 0 Å². The standard InChI is InChI=1S/C17H26N2O/c1-13-8-9-17(20-13)16(11-18)19-10-4-7-14-5-2-3-6-15(14)12-19/h2-3,5-6,13,16-17H,4,7-12,18H2,1H3. The van der Waals surface area contributed by atoms with Gasteiger partial charge in [0, 0.05) is 19.1 Å². The maximum absolute atomic E-state index is 6.08. The number of aryl methyl sites for hydroxylation is 1. The van der Waals surface area contributed by atoms with Gasteiger partial charge in [-0.2, -0.15) is 0 Å². The van der Waals surface area contributed by atoms with Gasteiger partial charge in [0.2, 0.25) is 0 Å². The van der Waals surface area contributed by atoms with E-state index in [1.54, 1.807) is 0 Å². The molecular formula is C17H26N2O. The van der Waals surface area contributed by atoms with Gasteiger partial charge in [-0.25, -0.2) is 0 Å². The Morgan fingerprint density at radius 1 is 1.30 bits per heavy atom. The molecule has 3 unspecified atom stereocenters. The van der Waals surface area contributed by atoms with Gasteiger partial charge in [0.1, 0.15) is 0 Å². The van der Waals surface area contributed by atoms with E-state index < -0.39 is 0 Å². The number of benzene rings is 1. The van der Waals surface area contributed by atoms with E-state index in [1.165, 1.54) is 30.4 Å². The van der Waals surface area contributed by atoms with Crippen molar-refractivity contribution in [3.8, 4) is 0 Å². The normalized spacial score (nSPS) is 28.9. The summed E-state index contributed by atoms with van der Waals surface area (Å²) in [6.45, 7) is 5.02. The van der Waals surface area contributed by atoms with Crippen LogP contribution in [-0.2, 0) is 17.7 Å². The molecule has 1 aromatic rings. The van der Waals surface area contributed by atoms with Crippen molar-refractivity contribution in [1.82, 2.24) is 4.90 Å². The van der Waals surface area contributed by atoms with Crippen molar-refractivity contribution in [1.29, 1.82) is 0 Å². The number of fused-ring (bicyclic) bond motifs is 1. The molecule has 20 heavy (non-hydrogen) atoms. The summed E-state index contributed by atoms with van der Waals surface area (Å²) in [5, 5.41) is 0. The maximum Gasteiger partial charge on any atom is 0.0747 e. The van der Waals surface area contributed by atoms with Crippen molar-refractivity contribution >= 4 is 0 Å². The molecule has 0 aromatic heterocycles. The zero-order valence-corrected chi connectivity index (χ0v) is 12.4. The molecule has 0 spiro atoms. The first-order valence-corrected chi connectivity index (χ1v) is 7.94. The Kier molecular flexibility index (Phi) is 4.39. The van der Waals surface area contributed by atoms with Crippen LogP contribution in [0.15, 0.2) is 24.3 Å². The van der Waals surface area contributed by atoms with Crippen LogP contribution in [-0.4, -0.2) is 36.2 Å². The van der Waals surface area contributed by atoms with Crippen LogP contribution in [0.5, 0.6) is 0 Å². The Morgan fingerprint density at radius 2 is 2.10 bits per heavy atom. The molecule has 3 atom stereocenters. The van der Waals surface area contributed by atoms with Crippen LogP contribution in [0.2, 0.25) is 0 Å². The number of hydrogen-bond donors (Lipinski definition) is 1. The molecule has 3 nitrogen and oxygen atoms in total. The van der Waals surface area contributed by atoms with Crippen molar-refractivity contribution in [2.45, 2.75) is 57.4 Å². The maximum atomic E-state index is 6.08. The second kappa shape index (κ2) is 6.25. The van der Waals surface area contributed by atoms with Gasteiger partial charge in [0.05, 0.1) is 12.2 Å². The predicted molar refractivity (Wildman–Crippen MR) is 81.6 cm³/mol. The molecule has 1 fully saturated rings. The molecule has 3 rings (SSSR count). The highest BCUT2D eigenvalue weighted by Gasteiger charge is 2.33. The van der Waals surface area contributed by atoms with E-state index >= 15 is 0 Å². The minimum absolute atomic E-state index is 0.320. The molecule has 110 valence electrons. The summed E-state index contributed by atoms with van der Waals surface area (Å²) >= 11 is 0. The van der Waals surface area contributed by atoms with Crippen molar-refractivity contribution in [2.75, 3.05) is 13.1 Å². The summed E-state index contributed by atoms with van der Waals surface area (Å²) in [5.74, 6) is 0. The lowest BCUT2D eigenvalue weighted by Crippen LogP contribution is -2.48. The van der Waals surface area contributed by atoms with Crippen LogP contribution in [0.3, 0.4) is 0 Å². The predicted octanol–water partition coefficient (Wildman–Crippen LogP) is 2.33. The van der Waals surface area contributed by atoms with Gasteiger partial charge in [-0.05, 0) is 50.3 Å². The number of nitrogens with two attached hydrogens (primary N) is 1. The Bertz CT molecular complexity index is 448. The quantitative estimate of drug-likeness (QED) is 0.919. The lowest BCUT2D eigenvalue weighted by molar-refractivity contribution is -0.00648. The molecule has 2 heterocycles. The second-order valence-corrected chi connectivity index (χ2v) is 6.21. The van der Waals surface area contributed by atoms with Crippen LogP contribution in [0.4, 0.5) is 0 Å². The SMILES string of the molecule is CC1CCC(C(CN)N2CCCc3ccccc3C2)O1. The van der Waals surface area contributed by atoms with Crippen molar-refractivity contribution < 1.29 is 4.74 Å². The van der Waals surface area contributed by atoms with Gasteiger partial charge < -0.3 is 10.5 Å². The van der Waals surface area contributed by atoms with Crippen LogP contribution in [0.25, 0.3) is 0 Å². The summed E-state index contributed by atoms with van der Waals surface area (Å²) in [4.78, 5) is 2.55. The molecule has 0 aliphatic carbocycles. The highest BCUT2D eigenvalue weighted by Crippen LogP contribution is 2.27. The minimum Gasteiger partial charge on any atom is -0.374 e. The zero-order chi connectivity index (χ0) is 13.9. The third-order valence-electron chi connectivity index (χ3n) is 4.79. The van der Waals surface area contributed by atoms with Crippen molar-refractivity contribution in [3.05, 3.63) is 35.4 Å². The molecule has 2 aliphatic rings. The Balaban J connectivity index is 1.75. The molecule has 1 saturated heterocycles. The number of hydrogen-bond acceptors (Lipinski definition) is 3. The first-order chi connectivity index (χ1) is 9.78. The average Bonchev–Trinajstić information content (AvgIpc) is 2.76. The van der Waals surface area contributed by atoms with E-state index in [-0.39, 0.29) is 0 Å². The summed E-state index contributed by atoms with van der Waals surface area (Å²) < 4.78 is 6.07. The minimum atomic E-state index is 0.320. The van der Waals surface area contributed by atoms with E-state index in [2.05, 4.69) is 36.1 Å². The highest BCUT2D eigenvalue weighted by molar-refractivity contribution is 5.28. The molecule has 0 bridgehead atoms. The zero-order valence-electron chi connectivity index (χ0n) is 12.4. The Labute approximate surface area is 122 Å². The van der Waals surface area contributed by atoms with E-state index in [9.17, 15) is 0 Å². The van der Waals surface area contributed by atoms with E-state index in [0.29, 0.717) is 24.8 Å². The molecular weight excluding hydrogens is 248 g/mol. The van der Waals surface area contributed by atoms with E-state index in [1.807, 2.05) is 0 Å². The largest absolute Gasteiger partial charge is 0.374 e. The fourth-order valence-electron chi connectivity index (χ4n) is 3.66. The number of rotatable bonds is 3.